The Morgan fingerprint density at radius 1 is 1.41 bits per heavy atom. The van der Waals surface area contributed by atoms with Crippen molar-refractivity contribution in [2.75, 3.05) is 7.11 Å². The van der Waals surface area contributed by atoms with Crippen molar-refractivity contribution in [3.63, 3.8) is 0 Å². The number of aromatic nitrogens is 1. The molecule has 2 aromatic rings. The number of fused-ring (bicyclic) bond motifs is 1. The molecule has 0 saturated heterocycles. The maximum absolute atomic E-state index is 12.1. The van der Waals surface area contributed by atoms with E-state index in [0.717, 1.165) is 22.2 Å². The summed E-state index contributed by atoms with van der Waals surface area (Å²) in [5.41, 5.74) is 1.83. The summed E-state index contributed by atoms with van der Waals surface area (Å²) in [6.45, 7) is 1.80. The van der Waals surface area contributed by atoms with E-state index in [1.807, 2.05) is 24.4 Å². The fourth-order valence-corrected chi connectivity index (χ4v) is 2.34. The van der Waals surface area contributed by atoms with Gasteiger partial charge in [0.2, 0.25) is 5.91 Å². The predicted octanol–water partition coefficient (Wildman–Crippen LogP) is 2.09. The molecule has 118 valence electrons. The summed E-state index contributed by atoms with van der Waals surface area (Å²) in [4.78, 5) is 25.7. The molecule has 1 unspecified atom stereocenters. The molecule has 0 saturated carbocycles. The fraction of sp³-hybridized carbons (Fsp3) is 0.375. The molecular formula is C16H20N2O4. The van der Waals surface area contributed by atoms with Gasteiger partial charge >= 0.3 is 5.97 Å². The van der Waals surface area contributed by atoms with E-state index in [9.17, 15) is 9.59 Å². The lowest BCUT2D eigenvalue weighted by molar-refractivity contribution is -0.137. The van der Waals surface area contributed by atoms with Crippen LogP contribution in [0.4, 0.5) is 0 Å². The standard InChI is InChI=1S/C16H20N2O4/c1-10(3-6-16(20)21)18-15(19)7-11-9-17-14-5-4-12(22-2)8-13(11)14/h4-5,8-10,17H,3,6-7H2,1-2H3,(H,18,19)(H,20,21). The molecule has 1 amide bonds. The van der Waals surface area contributed by atoms with Crippen molar-refractivity contribution in [2.24, 2.45) is 0 Å². The van der Waals surface area contributed by atoms with Crippen molar-refractivity contribution in [1.29, 1.82) is 0 Å². The predicted molar refractivity (Wildman–Crippen MR) is 83.0 cm³/mol. The maximum Gasteiger partial charge on any atom is 0.303 e. The van der Waals surface area contributed by atoms with Gasteiger partial charge in [-0.15, -0.1) is 0 Å². The first kappa shape index (κ1) is 15.9. The van der Waals surface area contributed by atoms with Gasteiger partial charge in [-0.1, -0.05) is 0 Å². The van der Waals surface area contributed by atoms with Gasteiger partial charge in [-0.25, -0.2) is 0 Å². The van der Waals surface area contributed by atoms with Crippen LogP contribution in [0, 0.1) is 0 Å². The molecule has 0 fully saturated rings. The molecule has 1 atom stereocenters. The van der Waals surface area contributed by atoms with Crippen molar-refractivity contribution in [3.8, 4) is 5.75 Å². The number of methoxy groups -OCH3 is 1. The SMILES string of the molecule is COc1ccc2[nH]cc(CC(=O)NC(C)CCC(=O)O)c2c1. The summed E-state index contributed by atoms with van der Waals surface area (Å²) in [6.07, 6.45) is 2.52. The van der Waals surface area contributed by atoms with Crippen molar-refractivity contribution >= 4 is 22.8 Å². The highest BCUT2D eigenvalue weighted by Crippen LogP contribution is 2.23. The van der Waals surface area contributed by atoms with Crippen LogP contribution in [0.1, 0.15) is 25.3 Å². The van der Waals surface area contributed by atoms with Crippen molar-refractivity contribution in [3.05, 3.63) is 30.0 Å². The smallest absolute Gasteiger partial charge is 0.303 e. The quantitative estimate of drug-likeness (QED) is 0.730. The second-order valence-electron chi connectivity index (χ2n) is 5.30. The van der Waals surface area contributed by atoms with E-state index in [1.54, 1.807) is 14.0 Å². The number of carbonyl (C=O) groups is 2. The van der Waals surface area contributed by atoms with E-state index in [-0.39, 0.29) is 24.8 Å². The third-order valence-corrected chi connectivity index (χ3v) is 3.52. The van der Waals surface area contributed by atoms with Crippen molar-refractivity contribution < 1.29 is 19.4 Å². The number of rotatable bonds is 7. The van der Waals surface area contributed by atoms with Crippen LogP contribution in [-0.2, 0) is 16.0 Å². The average Bonchev–Trinajstić information content (AvgIpc) is 2.87. The van der Waals surface area contributed by atoms with E-state index >= 15 is 0 Å². The largest absolute Gasteiger partial charge is 0.497 e. The van der Waals surface area contributed by atoms with Gasteiger partial charge in [-0.2, -0.15) is 0 Å². The Balaban J connectivity index is 2.01. The van der Waals surface area contributed by atoms with Crippen LogP contribution in [0.3, 0.4) is 0 Å². The minimum Gasteiger partial charge on any atom is -0.497 e. The van der Waals surface area contributed by atoms with Gasteiger partial charge in [0.15, 0.2) is 0 Å². The summed E-state index contributed by atoms with van der Waals surface area (Å²) in [5, 5.41) is 12.4. The molecule has 0 radical (unpaired) electrons. The Hall–Kier alpha value is -2.50. The number of nitrogens with one attached hydrogen (secondary N) is 2. The molecule has 2 rings (SSSR count). The molecule has 1 aromatic heterocycles. The highest BCUT2D eigenvalue weighted by Gasteiger charge is 2.12. The number of H-pyrrole nitrogens is 1. The molecule has 0 aliphatic heterocycles. The zero-order chi connectivity index (χ0) is 16.1. The Morgan fingerprint density at radius 3 is 2.86 bits per heavy atom. The van der Waals surface area contributed by atoms with E-state index in [4.69, 9.17) is 9.84 Å². The lowest BCUT2D eigenvalue weighted by atomic mass is 10.1. The molecule has 0 spiro atoms. The molecule has 1 heterocycles. The zero-order valence-corrected chi connectivity index (χ0v) is 12.7. The number of ether oxygens (including phenoxy) is 1. The van der Waals surface area contributed by atoms with Crippen LogP contribution in [0.25, 0.3) is 10.9 Å². The second-order valence-corrected chi connectivity index (χ2v) is 5.30. The first-order chi connectivity index (χ1) is 10.5. The summed E-state index contributed by atoms with van der Waals surface area (Å²) in [6, 6.07) is 5.49. The number of aliphatic carboxylic acids is 1. The molecule has 6 heteroatoms. The number of hydrogen-bond acceptors (Lipinski definition) is 3. The third-order valence-electron chi connectivity index (χ3n) is 3.52. The van der Waals surface area contributed by atoms with Crippen LogP contribution in [0.5, 0.6) is 5.75 Å². The Kier molecular flexibility index (Phi) is 5.04. The van der Waals surface area contributed by atoms with Crippen LogP contribution in [-0.4, -0.2) is 35.1 Å². The van der Waals surface area contributed by atoms with E-state index in [0.29, 0.717) is 6.42 Å². The third kappa shape index (κ3) is 4.00. The summed E-state index contributed by atoms with van der Waals surface area (Å²) in [5.74, 6) is -0.241. The van der Waals surface area contributed by atoms with Gasteiger partial charge in [0.05, 0.1) is 13.5 Å². The molecule has 3 N–H and O–H groups in total. The molecular weight excluding hydrogens is 284 g/mol. The van der Waals surface area contributed by atoms with Gasteiger partial charge in [0, 0.05) is 29.6 Å². The van der Waals surface area contributed by atoms with E-state index in [1.165, 1.54) is 0 Å². The van der Waals surface area contributed by atoms with E-state index in [2.05, 4.69) is 10.3 Å². The maximum atomic E-state index is 12.1. The normalized spacial score (nSPS) is 12.1. The topological polar surface area (TPSA) is 91.4 Å². The van der Waals surface area contributed by atoms with Crippen LogP contribution in [0.15, 0.2) is 24.4 Å². The van der Waals surface area contributed by atoms with Crippen molar-refractivity contribution in [2.45, 2.75) is 32.2 Å². The number of carboxylic acids is 1. The highest BCUT2D eigenvalue weighted by atomic mass is 16.5. The molecule has 0 bridgehead atoms. The molecule has 6 nitrogen and oxygen atoms in total. The van der Waals surface area contributed by atoms with Gasteiger partial charge < -0.3 is 20.1 Å². The second kappa shape index (κ2) is 6.98. The zero-order valence-electron chi connectivity index (χ0n) is 12.7. The van der Waals surface area contributed by atoms with Gasteiger partial charge in [-0.05, 0) is 37.1 Å². The van der Waals surface area contributed by atoms with E-state index < -0.39 is 5.97 Å². The van der Waals surface area contributed by atoms with Gasteiger partial charge in [0.1, 0.15) is 5.75 Å². The van der Waals surface area contributed by atoms with Gasteiger partial charge in [0.25, 0.3) is 0 Å². The Bertz CT molecular complexity index is 678. The van der Waals surface area contributed by atoms with Crippen LogP contribution < -0.4 is 10.1 Å². The number of carboxylic acid groups (broad SMARTS) is 1. The molecule has 1 aromatic carbocycles. The minimum absolute atomic E-state index is 0.0474. The molecule has 0 aliphatic carbocycles. The number of aromatic amines is 1. The first-order valence-corrected chi connectivity index (χ1v) is 7.14. The number of benzene rings is 1. The Morgan fingerprint density at radius 2 is 2.18 bits per heavy atom. The summed E-state index contributed by atoms with van der Waals surface area (Å²) < 4.78 is 5.20. The van der Waals surface area contributed by atoms with Crippen molar-refractivity contribution in [1.82, 2.24) is 10.3 Å². The molecule has 0 aliphatic rings. The monoisotopic (exact) mass is 304 g/mol. The minimum atomic E-state index is -0.857. The van der Waals surface area contributed by atoms with Gasteiger partial charge in [-0.3, -0.25) is 9.59 Å². The Labute approximate surface area is 128 Å². The number of carbonyl (C=O) groups excluding carboxylic acids is 1. The lowest BCUT2D eigenvalue weighted by Gasteiger charge is -2.12. The number of hydrogen-bond donors (Lipinski definition) is 3. The molecule has 22 heavy (non-hydrogen) atoms. The average molecular weight is 304 g/mol. The number of amides is 1. The fourth-order valence-electron chi connectivity index (χ4n) is 2.34. The lowest BCUT2D eigenvalue weighted by Crippen LogP contribution is -2.34. The summed E-state index contributed by atoms with van der Waals surface area (Å²) >= 11 is 0. The van der Waals surface area contributed by atoms with Crippen LogP contribution in [0.2, 0.25) is 0 Å². The highest BCUT2D eigenvalue weighted by molar-refractivity contribution is 5.89. The first-order valence-electron chi connectivity index (χ1n) is 7.14. The summed E-state index contributed by atoms with van der Waals surface area (Å²) in [7, 11) is 1.60. The van der Waals surface area contributed by atoms with Crippen LogP contribution >= 0.6 is 0 Å².